The maximum absolute atomic E-state index is 9.79. The van der Waals surface area contributed by atoms with Gasteiger partial charge in [-0.3, -0.25) is 0 Å². The van der Waals surface area contributed by atoms with Crippen LogP contribution in [0.3, 0.4) is 0 Å². The first kappa shape index (κ1) is 17.5. The molecule has 1 aliphatic rings. The molecule has 1 fully saturated rings. The van der Waals surface area contributed by atoms with Crippen molar-refractivity contribution in [2.75, 3.05) is 23.3 Å². The lowest BCUT2D eigenvalue weighted by molar-refractivity contribution is 0.145. The van der Waals surface area contributed by atoms with Crippen molar-refractivity contribution in [1.82, 2.24) is 19.5 Å². The van der Waals surface area contributed by atoms with Gasteiger partial charge < -0.3 is 19.9 Å². The Bertz CT molecular complexity index is 915. The number of aliphatic hydroxyl groups is 1. The molecule has 0 spiro atoms. The van der Waals surface area contributed by atoms with Crippen LogP contribution >= 0.6 is 0 Å². The molecule has 3 aromatic rings. The van der Waals surface area contributed by atoms with Crippen molar-refractivity contribution in [3.8, 4) is 0 Å². The van der Waals surface area contributed by atoms with Crippen LogP contribution in [0.2, 0.25) is 0 Å². The molecule has 0 amide bonds. The van der Waals surface area contributed by atoms with Gasteiger partial charge in [0.05, 0.1) is 12.4 Å². The molecule has 27 heavy (non-hydrogen) atoms. The Hall–Kier alpha value is -2.93. The standard InChI is InChI=1S/C20H24N6O/c1-2-10-26-14-22-17-18(21-13-15-6-4-3-5-7-15)23-20(24-19(17)26)25-11-8-16(27)9-12-25/h2-7,14,16,27H,1,8-13H2,(H,21,23,24). The third-order valence-corrected chi connectivity index (χ3v) is 4.83. The van der Waals surface area contributed by atoms with E-state index in [1.54, 1.807) is 6.33 Å². The van der Waals surface area contributed by atoms with Gasteiger partial charge in [0.25, 0.3) is 0 Å². The maximum Gasteiger partial charge on any atom is 0.229 e. The smallest absolute Gasteiger partial charge is 0.229 e. The predicted octanol–water partition coefficient (Wildman–Crippen LogP) is 2.59. The Kier molecular flexibility index (Phi) is 5.02. The molecule has 0 aliphatic carbocycles. The lowest BCUT2D eigenvalue weighted by Gasteiger charge is -2.29. The van der Waals surface area contributed by atoms with E-state index in [9.17, 15) is 5.11 Å². The first-order chi connectivity index (χ1) is 13.2. The molecule has 1 saturated heterocycles. The number of benzene rings is 1. The summed E-state index contributed by atoms with van der Waals surface area (Å²) >= 11 is 0. The van der Waals surface area contributed by atoms with Crippen molar-refractivity contribution in [2.45, 2.75) is 32.0 Å². The molecule has 7 nitrogen and oxygen atoms in total. The van der Waals surface area contributed by atoms with Crippen molar-refractivity contribution in [1.29, 1.82) is 0 Å². The van der Waals surface area contributed by atoms with Gasteiger partial charge >= 0.3 is 0 Å². The average molecular weight is 364 g/mol. The summed E-state index contributed by atoms with van der Waals surface area (Å²) in [4.78, 5) is 16.2. The Morgan fingerprint density at radius 1 is 1.19 bits per heavy atom. The van der Waals surface area contributed by atoms with E-state index in [1.807, 2.05) is 28.8 Å². The minimum atomic E-state index is -0.230. The zero-order valence-corrected chi connectivity index (χ0v) is 15.3. The van der Waals surface area contributed by atoms with Gasteiger partial charge in [0, 0.05) is 26.2 Å². The van der Waals surface area contributed by atoms with E-state index in [-0.39, 0.29) is 6.10 Å². The summed E-state index contributed by atoms with van der Waals surface area (Å²) in [5, 5.41) is 13.2. The number of nitrogens with zero attached hydrogens (tertiary/aromatic N) is 5. The molecule has 2 N–H and O–H groups in total. The summed E-state index contributed by atoms with van der Waals surface area (Å²) in [5.74, 6) is 1.41. The Labute approximate surface area is 158 Å². The van der Waals surface area contributed by atoms with Gasteiger partial charge in [-0.05, 0) is 18.4 Å². The fraction of sp³-hybridized carbons (Fsp3) is 0.350. The summed E-state index contributed by atoms with van der Waals surface area (Å²) < 4.78 is 1.97. The van der Waals surface area contributed by atoms with E-state index in [4.69, 9.17) is 9.97 Å². The normalized spacial score (nSPS) is 15.2. The number of hydrogen-bond acceptors (Lipinski definition) is 6. The van der Waals surface area contributed by atoms with Gasteiger partial charge in [0.15, 0.2) is 17.0 Å². The summed E-state index contributed by atoms with van der Waals surface area (Å²) in [7, 11) is 0. The highest BCUT2D eigenvalue weighted by Gasteiger charge is 2.22. The van der Waals surface area contributed by atoms with Gasteiger partial charge in [-0.15, -0.1) is 6.58 Å². The molecular weight excluding hydrogens is 340 g/mol. The summed E-state index contributed by atoms with van der Waals surface area (Å²) in [6.07, 6.45) is 4.85. The number of anilines is 2. The summed E-state index contributed by atoms with van der Waals surface area (Å²) in [6, 6.07) is 10.2. The molecule has 3 heterocycles. The van der Waals surface area contributed by atoms with Crippen LogP contribution in [-0.4, -0.2) is 43.8 Å². The molecule has 0 atom stereocenters. The number of aliphatic hydroxyl groups excluding tert-OH is 1. The van der Waals surface area contributed by atoms with Gasteiger partial charge in [0.2, 0.25) is 5.95 Å². The van der Waals surface area contributed by atoms with Crippen LogP contribution in [0.15, 0.2) is 49.3 Å². The molecular formula is C20H24N6O. The number of rotatable bonds is 6. The monoisotopic (exact) mass is 364 g/mol. The number of nitrogens with one attached hydrogen (secondary N) is 1. The highest BCUT2D eigenvalue weighted by molar-refractivity contribution is 5.84. The Morgan fingerprint density at radius 2 is 1.96 bits per heavy atom. The van der Waals surface area contributed by atoms with Crippen LogP contribution in [0.1, 0.15) is 18.4 Å². The van der Waals surface area contributed by atoms with Crippen molar-refractivity contribution >= 4 is 22.9 Å². The lowest BCUT2D eigenvalue weighted by Crippen LogP contribution is -2.37. The van der Waals surface area contributed by atoms with Crippen molar-refractivity contribution in [2.24, 2.45) is 0 Å². The highest BCUT2D eigenvalue weighted by atomic mass is 16.3. The minimum absolute atomic E-state index is 0.230. The topological polar surface area (TPSA) is 79.1 Å². The van der Waals surface area contributed by atoms with E-state index in [2.05, 4.69) is 33.9 Å². The fourth-order valence-electron chi connectivity index (χ4n) is 3.32. The predicted molar refractivity (Wildman–Crippen MR) is 107 cm³/mol. The molecule has 4 rings (SSSR count). The zero-order valence-electron chi connectivity index (χ0n) is 15.3. The summed E-state index contributed by atoms with van der Waals surface area (Å²) in [5.41, 5.74) is 2.73. The van der Waals surface area contributed by atoms with Crippen LogP contribution in [0.4, 0.5) is 11.8 Å². The van der Waals surface area contributed by atoms with Gasteiger partial charge in [0.1, 0.15) is 0 Å². The Morgan fingerprint density at radius 3 is 2.70 bits per heavy atom. The minimum Gasteiger partial charge on any atom is -0.393 e. The third-order valence-electron chi connectivity index (χ3n) is 4.83. The maximum atomic E-state index is 9.79. The molecule has 0 saturated carbocycles. The van der Waals surface area contributed by atoms with Gasteiger partial charge in [-0.1, -0.05) is 36.4 Å². The van der Waals surface area contributed by atoms with Crippen LogP contribution in [0.5, 0.6) is 0 Å². The number of piperidine rings is 1. The number of aromatic nitrogens is 4. The number of fused-ring (bicyclic) bond motifs is 1. The van der Waals surface area contributed by atoms with Crippen LogP contribution in [0, 0.1) is 0 Å². The van der Waals surface area contributed by atoms with Crippen molar-refractivity contribution < 1.29 is 5.11 Å². The van der Waals surface area contributed by atoms with Gasteiger partial charge in [-0.25, -0.2) is 4.98 Å². The summed E-state index contributed by atoms with van der Waals surface area (Å²) in [6.45, 7) is 6.63. The molecule has 140 valence electrons. The second-order valence-electron chi connectivity index (χ2n) is 6.79. The van der Waals surface area contributed by atoms with Crippen molar-refractivity contribution in [3.05, 3.63) is 54.9 Å². The second kappa shape index (κ2) is 7.75. The number of allylic oxidation sites excluding steroid dienone is 1. The second-order valence-corrected chi connectivity index (χ2v) is 6.79. The van der Waals surface area contributed by atoms with Crippen LogP contribution in [-0.2, 0) is 13.1 Å². The van der Waals surface area contributed by atoms with Crippen molar-refractivity contribution in [3.63, 3.8) is 0 Å². The lowest BCUT2D eigenvalue weighted by atomic mass is 10.1. The van der Waals surface area contributed by atoms with E-state index < -0.39 is 0 Å². The number of imidazole rings is 1. The van der Waals surface area contributed by atoms with Crippen LogP contribution in [0.25, 0.3) is 11.2 Å². The third kappa shape index (κ3) is 3.78. The average Bonchev–Trinajstić information content (AvgIpc) is 3.11. The van der Waals surface area contributed by atoms with E-state index in [1.165, 1.54) is 5.56 Å². The SMILES string of the molecule is C=CCn1cnc2c(NCc3ccccc3)nc(N3CCC(O)CC3)nc21. The first-order valence-electron chi connectivity index (χ1n) is 9.29. The molecule has 0 radical (unpaired) electrons. The zero-order chi connectivity index (χ0) is 18.6. The van der Waals surface area contributed by atoms with E-state index >= 15 is 0 Å². The van der Waals surface area contributed by atoms with E-state index in [0.29, 0.717) is 19.0 Å². The van der Waals surface area contributed by atoms with Crippen LogP contribution < -0.4 is 10.2 Å². The molecule has 1 aliphatic heterocycles. The molecule has 7 heteroatoms. The van der Waals surface area contributed by atoms with E-state index in [0.717, 1.165) is 42.9 Å². The number of hydrogen-bond donors (Lipinski definition) is 2. The first-order valence-corrected chi connectivity index (χ1v) is 9.29. The largest absolute Gasteiger partial charge is 0.393 e. The Balaban J connectivity index is 1.68. The fourth-order valence-corrected chi connectivity index (χ4v) is 3.32. The molecule has 0 bridgehead atoms. The molecule has 2 aromatic heterocycles. The molecule has 1 aromatic carbocycles. The van der Waals surface area contributed by atoms with Gasteiger partial charge in [-0.2, -0.15) is 9.97 Å². The quantitative estimate of drug-likeness (QED) is 0.655. The molecule has 0 unspecified atom stereocenters. The highest BCUT2D eigenvalue weighted by Crippen LogP contribution is 2.25.